The number of carboxylic acid groups (broad SMARTS) is 1. The van der Waals surface area contributed by atoms with E-state index in [0.717, 1.165) is 12.6 Å². The molecule has 1 heterocycles. The molecule has 1 amide bonds. The average Bonchev–Trinajstić information content (AvgIpc) is 2.78. The number of carbonyl (C=O) groups is 2. The quantitative estimate of drug-likeness (QED) is 0.686. The van der Waals surface area contributed by atoms with E-state index >= 15 is 0 Å². The molecular weight excluding hydrogens is 238 g/mol. The van der Waals surface area contributed by atoms with Gasteiger partial charge in [0.1, 0.15) is 5.69 Å². The van der Waals surface area contributed by atoms with Crippen molar-refractivity contribution in [2.75, 3.05) is 0 Å². The van der Waals surface area contributed by atoms with E-state index in [2.05, 4.69) is 15.3 Å². The molecule has 0 aliphatic heterocycles. The molecule has 2 unspecified atom stereocenters. The third-order valence-electron chi connectivity index (χ3n) is 3.05. The van der Waals surface area contributed by atoms with Crippen LogP contribution in [-0.4, -0.2) is 33.0 Å². The van der Waals surface area contributed by atoms with Crippen molar-refractivity contribution in [3.8, 4) is 0 Å². The number of amides is 1. The number of carboxylic acids is 1. The van der Waals surface area contributed by atoms with Gasteiger partial charge in [-0.05, 0) is 12.8 Å². The number of hydrogen-bond acceptors (Lipinski definition) is 4. The predicted octanol–water partition coefficient (Wildman–Crippen LogP) is -0.247. The van der Waals surface area contributed by atoms with Crippen molar-refractivity contribution < 1.29 is 14.7 Å². The Bertz CT molecular complexity index is 505. The van der Waals surface area contributed by atoms with Crippen molar-refractivity contribution in [3.05, 3.63) is 28.4 Å². The molecule has 1 fully saturated rings. The normalized spacial score (nSPS) is 22.7. The first-order chi connectivity index (χ1) is 8.58. The zero-order chi connectivity index (χ0) is 13.1. The average molecular weight is 251 g/mol. The smallest absolute Gasteiger partial charge is 0.308 e. The van der Waals surface area contributed by atoms with Crippen LogP contribution in [0.3, 0.4) is 0 Å². The molecule has 7 nitrogen and oxygen atoms in total. The molecular formula is C11H13N3O4. The maximum Gasteiger partial charge on any atom is 0.308 e. The monoisotopic (exact) mass is 251 g/mol. The summed E-state index contributed by atoms with van der Waals surface area (Å²) in [4.78, 5) is 39.6. The third-order valence-corrected chi connectivity index (χ3v) is 3.05. The summed E-state index contributed by atoms with van der Waals surface area (Å²) in [5.74, 6) is -1.91. The van der Waals surface area contributed by atoms with Gasteiger partial charge in [0.25, 0.3) is 11.5 Å². The lowest BCUT2D eigenvalue weighted by molar-refractivity contribution is -0.142. The van der Waals surface area contributed by atoms with Gasteiger partial charge in [-0.2, -0.15) is 0 Å². The first-order valence-corrected chi connectivity index (χ1v) is 5.66. The van der Waals surface area contributed by atoms with Gasteiger partial charge in [-0.15, -0.1) is 0 Å². The minimum Gasteiger partial charge on any atom is -0.481 e. The molecule has 1 aromatic heterocycles. The van der Waals surface area contributed by atoms with Crippen LogP contribution in [0.5, 0.6) is 0 Å². The van der Waals surface area contributed by atoms with Gasteiger partial charge in [-0.1, -0.05) is 6.42 Å². The molecule has 7 heteroatoms. The minimum absolute atomic E-state index is 0.0747. The second-order valence-corrected chi connectivity index (χ2v) is 4.25. The number of aromatic amines is 1. The SMILES string of the molecule is O=C(NC1CCCC1C(=O)O)c1c[nH]c(=O)cn1. The highest BCUT2D eigenvalue weighted by atomic mass is 16.4. The van der Waals surface area contributed by atoms with E-state index in [1.807, 2.05) is 0 Å². The molecule has 2 rings (SSSR count). The lowest BCUT2D eigenvalue weighted by Gasteiger charge is -2.16. The fourth-order valence-corrected chi connectivity index (χ4v) is 2.14. The van der Waals surface area contributed by atoms with E-state index in [1.165, 1.54) is 6.20 Å². The second kappa shape index (κ2) is 4.99. The number of carbonyl (C=O) groups excluding carboxylic acids is 1. The summed E-state index contributed by atoms with van der Waals surface area (Å²) in [5.41, 5.74) is -0.318. The van der Waals surface area contributed by atoms with Crippen LogP contribution in [0, 0.1) is 5.92 Å². The van der Waals surface area contributed by atoms with Crippen molar-refractivity contribution in [1.82, 2.24) is 15.3 Å². The summed E-state index contributed by atoms with van der Waals surface area (Å²) in [5, 5.41) is 11.6. The zero-order valence-electron chi connectivity index (χ0n) is 9.55. The highest BCUT2D eigenvalue weighted by Crippen LogP contribution is 2.25. The van der Waals surface area contributed by atoms with Gasteiger partial charge in [-0.25, -0.2) is 4.98 Å². The summed E-state index contributed by atoms with van der Waals surface area (Å²) in [6.07, 6.45) is 4.22. The van der Waals surface area contributed by atoms with Crippen LogP contribution in [0.4, 0.5) is 0 Å². The Kier molecular flexibility index (Phi) is 3.40. The Morgan fingerprint density at radius 3 is 2.83 bits per heavy atom. The molecule has 96 valence electrons. The van der Waals surface area contributed by atoms with Gasteiger partial charge in [0, 0.05) is 12.2 Å². The first-order valence-electron chi connectivity index (χ1n) is 5.66. The fraction of sp³-hybridized carbons (Fsp3) is 0.455. The van der Waals surface area contributed by atoms with E-state index in [9.17, 15) is 14.4 Å². The van der Waals surface area contributed by atoms with E-state index < -0.39 is 23.4 Å². The first kappa shape index (κ1) is 12.3. The van der Waals surface area contributed by atoms with Crippen molar-refractivity contribution in [2.24, 2.45) is 5.92 Å². The van der Waals surface area contributed by atoms with Crippen molar-refractivity contribution >= 4 is 11.9 Å². The number of aromatic nitrogens is 2. The summed E-state index contributed by atoms with van der Waals surface area (Å²) in [6, 6.07) is -0.372. The summed E-state index contributed by atoms with van der Waals surface area (Å²) < 4.78 is 0. The van der Waals surface area contributed by atoms with Crippen molar-refractivity contribution in [2.45, 2.75) is 25.3 Å². The molecule has 3 N–H and O–H groups in total. The van der Waals surface area contributed by atoms with Gasteiger partial charge in [-0.3, -0.25) is 14.4 Å². The van der Waals surface area contributed by atoms with Crippen LogP contribution in [0.25, 0.3) is 0 Å². The highest BCUT2D eigenvalue weighted by molar-refractivity contribution is 5.92. The maximum atomic E-state index is 11.8. The Hall–Kier alpha value is -2.18. The summed E-state index contributed by atoms with van der Waals surface area (Å²) in [7, 11) is 0. The van der Waals surface area contributed by atoms with E-state index in [0.29, 0.717) is 12.8 Å². The maximum absolute atomic E-state index is 11.8. The minimum atomic E-state index is -0.896. The molecule has 1 aliphatic carbocycles. The summed E-state index contributed by atoms with van der Waals surface area (Å²) >= 11 is 0. The third kappa shape index (κ3) is 2.55. The van der Waals surface area contributed by atoms with Gasteiger partial charge >= 0.3 is 5.97 Å². The molecule has 18 heavy (non-hydrogen) atoms. The number of nitrogens with zero attached hydrogens (tertiary/aromatic N) is 1. The van der Waals surface area contributed by atoms with Crippen LogP contribution >= 0.6 is 0 Å². The lowest BCUT2D eigenvalue weighted by Crippen LogP contribution is -2.40. The number of H-pyrrole nitrogens is 1. The van der Waals surface area contributed by atoms with Crippen molar-refractivity contribution in [1.29, 1.82) is 0 Å². The Morgan fingerprint density at radius 2 is 2.22 bits per heavy atom. The van der Waals surface area contributed by atoms with Gasteiger partial charge < -0.3 is 15.4 Å². The fourth-order valence-electron chi connectivity index (χ4n) is 2.14. The molecule has 0 radical (unpaired) electrons. The Balaban J connectivity index is 2.05. The Labute approximate surface area is 102 Å². The number of nitrogens with one attached hydrogen (secondary N) is 2. The van der Waals surface area contributed by atoms with Crippen LogP contribution < -0.4 is 10.9 Å². The number of hydrogen-bond donors (Lipinski definition) is 3. The van der Waals surface area contributed by atoms with Crippen LogP contribution in [0.2, 0.25) is 0 Å². The Morgan fingerprint density at radius 1 is 1.44 bits per heavy atom. The van der Waals surface area contributed by atoms with E-state index in [4.69, 9.17) is 5.11 Å². The van der Waals surface area contributed by atoms with Gasteiger partial charge in [0.05, 0.1) is 12.1 Å². The van der Waals surface area contributed by atoms with E-state index in [1.54, 1.807) is 0 Å². The summed E-state index contributed by atoms with van der Waals surface area (Å²) in [6.45, 7) is 0. The van der Waals surface area contributed by atoms with Crippen LogP contribution in [-0.2, 0) is 4.79 Å². The van der Waals surface area contributed by atoms with Crippen molar-refractivity contribution in [3.63, 3.8) is 0 Å². The molecule has 2 atom stereocenters. The predicted molar refractivity (Wildman–Crippen MR) is 61.1 cm³/mol. The standard InChI is InChI=1S/C11H13N3O4/c15-9-5-12-8(4-13-9)10(16)14-7-3-1-2-6(7)11(17)18/h4-7H,1-3H2,(H,13,15)(H,14,16)(H,17,18). The topological polar surface area (TPSA) is 112 Å². The lowest BCUT2D eigenvalue weighted by atomic mass is 10.0. The van der Waals surface area contributed by atoms with Crippen LogP contribution in [0.1, 0.15) is 29.8 Å². The zero-order valence-corrected chi connectivity index (χ0v) is 9.55. The van der Waals surface area contributed by atoms with Gasteiger partial charge in [0.2, 0.25) is 0 Å². The van der Waals surface area contributed by atoms with E-state index in [-0.39, 0.29) is 11.7 Å². The molecule has 0 bridgehead atoms. The second-order valence-electron chi connectivity index (χ2n) is 4.25. The van der Waals surface area contributed by atoms with Gasteiger partial charge in [0.15, 0.2) is 0 Å². The van der Waals surface area contributed by atoms with Crippen LogP contribution in [0.15, 0.2) is 17.2 Å². The molecule has 0 spiro atoms. The molecule has 0 aromatic carbocycles. The number of rotatable bonds is 3. The molecule has 1 saturated carbocycles. The molecule has 1 aromatic rings. The highest BCUT2D eigenvalue weighted by Gasteiger charge is 2.34. The molecule has 1 aliphatic rings. The number of aliphatic carboxylic acids is 1. The molecule has 0 saturated heterocycles. The largest absolute Gasteiger partial charge is 0.481 e.